The number of ether oxygens (including phenoxy) is 4. The first-order valence-corrected chi connectivity index (χ1v) is 35.6. The van der Waals surface area contributed by atoms with Crippen molar-refractivity contribution in [1.82, 2.24) is 19.6 Å². The molecule has 1 fully saturated rings. The summed E-state index contributed by atoms with van der Waals surface area (Å²) in [4.78, 5) is 56.4. The maximum atomic E-state index is 12.1. The Morgan fingerprint density at radius 2 is 0.579 bits per heavy atom. The highest BCUT2D eigenvalue weighted by atomic mass is 28.5. The van der Waals surface area contributed by atoms with Crippen LogP contribution < -0.4 is 0 Å². The molecule has 0 bridgehead atoms. The molecule has 1 rings (SSSR count). The highest BCUT2D eigenvalue weighted by molar-refractivity contribution is 6.93. The van der Waals surface area contributed by atoms with Crippen molar-refractivity contribution in [2.24, 2.45) is 0 Å². The Hall–Kier alpha value is -6.33. The van der Waals surface area contributed by atoms with Crippen LogP contribution in [-0.4, -0.2) is 159 Å². The minimum Gasteiger partial charge on any atom is -0.462 e. The third-order valence-corrected chi connectivity index (χ3v) is 30.0. The zero-order chi connectivity index (χ0) is 57.2. The lowest BCUT2D eigenvalue weighted by Gasteiger charge is -2.50. The zero-order valence-corrected chi connectivity index (χ0v) is 50.7. The Kier molecular flexibility index (Phi) is 31.9. The van der Waals surface area contributed by atoms with Gasteiger partial charge in [0.1, 0.15) is 46.6 Å². The van der Waals surface area contributed by atoms with E-state index in [1.807, 2.05) is 72.1 Å². The monoisotopic (exact) mass is 1120 g/mol. The van der Waals surface area contributed by atoms with Crippen molar-refractivity contribution in [3.8, 4) is 24.3 Å². The van der Waals surface area contributed by atoms with E-state index in [2.05, 4.69) is 26.2 Å². The molecule has 1 saturated heterocycles. The Morgan fingerprint density at radius 3 is 0.737 bits per heavy atom. The molecule has 0 atom stereocenters. The first-order valence-electron chi connectivity index (χ1n) is 25.5. The molecule has 0 spiro atoms. The van der Waals surface area contributed by atoms with E-state index < -0.39 is 58.1 Å². The number of carbonyl (C=O) groups is 4. The predicted octanol–water partition coefficient (Wildman–Crippen LogP) is 7.75. The fraction of sp³-hybridized carbons (Fsp3) is 0.538. The van der Waals surface area contributed by atoms with Crippen LogP contribution in [0.3, 0.4) is 0 Å². The molecular weight excluding hydrogens is 1040 g/mol. The largest absolute Gasteiger partial charge is 0.462 e. The lowest BCUT2D eigenvalue weighted by Crippen LogP contribution is -2.67. The third kappa shape index (κ3) is 26.9. The van der Waals surface area contributed by atoms with Gasteiger partial charge in [-0.3, -0.25) is 0 Å². The maximum Gasteiger partial charge on any atom is 0.348 e. The Labute approximate surface area is 456 Å². The Morgan fingerprint density at radius 1 is 0.395 bits per heavy atom. The number of rotatable bonds is 32. The molecule has 20 nitrogen and oxygen atoms in total. The third-order valence-electron chi connectivity index (χ3n) is 11.2. The summed E-state index contributed by atoms with van der Waals surface area (Å²) in [6.45, 7) is 18.1. The van der Waals surface area contributed by atoms with Crippen LogP contribution in [0.4, 0.5) is 0 Å². The molecule has 76 heavy (non-hydrogen) atoms. The summed E-state index contributed by atoms with van der Waals surface area (Å²) < 4.78 is 49.7. The fourth-order valence-corrected chi connectivity index (χ4v) is 31.0. The van der Waals surface area contributed by atoms with Gasteiger partial charge < -0.3 is 55.0 Å². The molecule has 0 N–H and O–H groups in total. The van der Waals surface area contributed by atoms with Gasteiger partial charge in [0.25, 0.3) is 0 Å². The quantitative estimate of drug-likeness (QED) is 0.0156. The molecule has 24 heteroatoms. The summed E-state index contributed by atoms with van der Waals surface area (Å²) in [6, 6.07) is 9.95. The lowest BCUT2D eigenvalue weighted by molar-refractivity contribution is -0.138. The molecule has 416 valence electrons. The van der Waals surface area contributed by atoms with E-state index in [4.69, 9.17) is 35.4 Å². The Bertz CT molecular complexity index is 2020. The lowest BCUT2D eigenvalue weighted by atomic mass is 10.3. The summed E-state index contributed by atoms with van der Waals surface area (Å²) in [5.74, 6) is -2.74. The van der Waals surface area contributed by atoms with Crippen molar-refractivity contribution in [3.05, 3.63) is 95.7 Å². The molecule has 0 saturated carbocycles. The fourth-order valence-electron chi connectivity index (χ4n) is 7.80. The van der Waals surface area contributed by atoms with Crippen LogP contribution in [0.15, 0.2) is 95.7 Å². The van der Waals surface area contributed by atoms with E-state index in [1.54, 1.807) is 76.8 Å². The van der Waals surface area contributed by atoms with Gasteiger partial charge in [0.05, 0.1) is 26.4 Å². The van der Waals surface area contributed by atoms with Gasteiger partial charge in [-0.25, -0.2) is 19.2 Å². The highest BCUT2D eigenvalue weighted by Gasteiger charge is 2.56. The smallest absolute Gasteiger partial charge is 0.348 e. The van der Waals surface area contributed by atoms with Gasteiger partial charge in [-0.05, 0) is 177 Å². The summed E-state index contributed by atoms with van der Waals surface area (Å²) in [5, 5.41) is 37.9. The maximum absolute atomic E-state index is 12.1. The molecular formula is C52H80N8O12Si4. The number of nitriles is 4. The van der Waals surface area contributed by atoms with E-state index in [0.29, 0.717) is 76.0 Å². The van der Waals surface area contributed by atoms with Crippen LogP contribution in [0.1, 0.15) is 53.4 Å². The van der Waals surface area contributed by atoms with E-state index in [1.165, 1.54) is 24.3 Å². The zero-order valence-electron chi connectivity index (χ0n) is 46.7. The van der Waals surface area contributed by atoms with E-state index >= 15 is 0 Å². The molecule has 0 amide bonds. The first kappa shape index (κ1) is 67.7. The van der Waals surface area contributed by atoms with Gasteiger partial charge in [0, 0.05) is 54.4 Å². The van der Waals surface area contributed by atoms with Crippen molar-refractivity contribution in [2.45, 2.75) is 104 Å². The van der Waals surface area contributed by atoms with Gasteiger partial charge in [-0.1, -0.05) is 0 Å². The van der Waals surface area contributed by atoms with Crippen LogP contribution in [-0.2, 0) is 54.6 Å². The molecule has 1 aliphatic heterocycles. The van der Waals surface area contributed by atoms with Crippen LogP contribution in [0.5, 0.6) is 0 Å². The number of carbonyl (C=O) groups excluding carboxylic acids is 4. The minimum absolute atomic E-state index is 0.103. The second kappa shape index (κ2) is 35.8. The minimum atomic E-state index is -3.12. The van der Waals surface area contributed by atoms with Crippen molar-refractivity contribution in [2.75, 3.05) is 80.8 Å². The topological polar surface area (TPSA) is 250 Å². The second-order valence-corrected chi connectivity index (χ2v) is 32.6. The second-order valence-electron chi connectivity index (χ2n) is 18.3. The predicted molar refractivity (Wildman–Crippen MR) is 297 cm³/mol. The van der Waals surface area contributed by atoms with Crippen molar-refractivity contribution in [1.29, 1.82) is 21.0 Å². The van der Waals surface area contributed by atoms with Gasteiger partial charge in [-0.2, -0.15) is 21.0 Å². The van der Waals surface area contributed by atoms with E-state index in [0.717, 1.165) is 0 Å². The number of hydrogen-bond acceptors (Lipinski definition) is 20. The highest BCUT2D eigenvalue weighted by Crippen LogP contribution is 2.39. The first-order chi connectivity index (χ1) is 36.0. The molecule has 0 aromatic heterocycles. The SMILES string of the molecule is CCOC(=O)/C(C#N)=C\C=C\N(C)CCC[Si]1(C)O[Si](C)(CCCN(C)/C=C/C=C(/C#N)C(=O)OCC)O[Si](C)(CCCN(C)/C=C/C=C(/C#N)C(=O)OCC)O[Si](C)(CCCN(C)/C=C/C=C(/C#N)C(=O)OCC)O1. The van der Waals surface area contributed by atoms with Crippen molar-refractivity contribution in [3.63, 3.8) is 0 Å². The van der Waals surface area contributed by atoms with E-state index in [9.17, 15) is 40.2 Å². The van der Waals surface area contributed by atoms with Crippen molar-refractivity contribution < 1.29 is 54.6 Å². The van der Waals surface area contributed by atoms with Crippen LogP contribution in [0.25, 0.3) is 0 Å². The number of nitrogens with zero attached hydrogens (tertiary/aromatic N) is 8. The molecule has 0 unspecified atom stereocenters. The summed E-state index contributed by atoms with van der Waals surface area (Å²) in [7, 11) is -4.88. The number of allylic oxidation sites excluding steroid dienone is 8. The average Bonchev–Trinajstić information content (AvgIpc) is 3.33. The number of hydrogen-bond donors (Lipinski definition) is 0. The van der Waals surface area contributed by atoms with Crippen LogP contribution in [0, 0.1) is 45.3 Å². The van der Waals surface area contributed by atoms with Gasteiger partial charge in [0.2, 0.25) is 0 Å². The van der Waals surface area contributed by atoms with Crippen LogP contribution in [0.2, 0.25) is 50.4 Å². The number of esters is 4. The van der Waals surface area contributed by atoms with Gasteiger partial charge in [0.15, 0.2) is 0 Å². The molecule has 1 heterocycles. The van der Waals surface area contributed by atoms with Crippen molar-refractivity contribution >= 4 is 58.1 Å². The molecule has 0 aliphatic carbocycles. The molecule has 0 radical (unpaired) electrons. The van der Waals surface area contributed by atoms with Crippen LogP contribution >= 0.6 is 0 Å². The summed E-state index contributed by atoms with van der Waals surface area (Å²) in [5.41, 5.74) is -0.413. The molecule has 0 aromatic rings. The molecule has 0 aromatic carbocycles. The van der Waals surface area contributed by atoms with E-state index in [-0.39, 0.29) is 48.7 Å². The van der Waals surface area contributed by atoms with Gasteiger partial charge in [-0.15, -0.1) is 0 Å². The summed E-state index contributed by atoms with van der Waals surface area (Å²) in [6.07, 6.45) is 22.1. The van der Waals surface area contributed by atoms with Gasteiger partial charge >= 0.3 is 58.1 Å². The summed E-state index contributed by atoms with van der Waals surface area (Å²) >= 11 is 0. The normalized spacial score (nSPS) is 21.5. The average molecular weight is 1120 g/mol. The standard InChI is InChI=1S/C52H80N8O12Si4/c1-13-65-49(61)45(41-53)25-17-29-57(5)33-21-37-73(9)69-74(10,38-22-34-58(6)30-18-26-46(42-54)50(62)66-14-2)71-76(12,40-24-36-60(8)32-20-28-48(44-56)52(64)68-16-4)72-75(11,70-73)39-23-35-59(7)31-19-27-47(43-55)51(63)67-15-3/h17-20,25-32H,13-16,21-24,33-40H2,1-12H3/b29-17+,30-18+,31-19+,32-20+,45-25-,46-26-,47-27-,48-28-. The Balaban J connectivity index is 3.69. The molecule has 1 aliphatic rings.